The van der Waals surface area contributed by atoms with Crippen molar-refractivity contribution in [2.75, 3.05) is 14.2 Å². The molecule has 1 fully saturated rings. The Balaban J connectivity index is 2.23. The molecule has 1 aromatic carbocycles. The molecule has 1 aliphatic carbocycles. The monoisotopic (exact) mass is 283 g/mol. The smallest absolute Gasteiger partial charge is 0.123 e. The van der Waals surface area contributed by atoms with E-state index in [1.165, 1.54) is 24.8 Å². The van der Waals surface area contributed by atoms with Crippen LogP contribution in [0.4, 0.5) is 0 Å². The van der Waals surface area contributed by atoms with E-state index in [0.29, 0.717) is 6.04 Å². The molecule has 16 heavy (non-hydrogen) atoms. The van der Waals surface area contributed by atoms with Gasteiger partial charge in [-0.1, -0.05) is 28.8 Å². The molecule has 1 N–H and O–H groups in total. The first-order valence-electron chi connectivity index (χ1n) is 5.75. The average molecular weight is 284 g/mol. The van der Waals surface area contributed by atoms with Gasteiger partial charge in [0.2, 0.25) is 0 Å². The standard InChI is InChI=1S/C13H18BrNO/c1-15-12(7-9-3-4-9)11-8-10(14)5-6-13(11)16-2/h5-6,8-9,12,15H,3-4,7H2,1-2H3. The van der Waals surface area contributed by atoms with Gasteiger partial charge in [-0.05, 0) is 37.6 Å². The largest absolute Gasteiger partial charge is 0.496 e. The minimum atomic E-state index is 0.403. The van der Waals surface area contributed by atoms with Crippen LogP contribution >= 0.6 is 15.9 Å². The minimum Gasteiger partial charge on any atom is -0.496 e. The van der Waals surface area contributed by atoms with Crippen LogP contribution in [0, 0.1) is 5.92 Å². The minimum absolute atomic E-state index is 0.403. The Morgan fingerprint density at radius 3 is 2.81 bits per heavy atom. The van der Waals surface area contributed by atoms with E-state index in [-0.39, 0.29) is 0 Å². The molecule has 0 saturated heterocycles. The van der Waals surface area contributed by atoms with Crippen LogP contribution in [0.2, 0.25) is 0 Å². The molecule has 1 atom stereocenters. The van der Waals surface area contributed by atoms with Gasteiger partial charge in [0.1, 0.15) is 5.75 Å². The van der Waals surface area contributed by atoms with Crippen molar-refractivity contribution in [3.05, 3.63) is 28.2 Å². The molecular weight excluding hydrogens is 266 g/mol. The topological polar surface area (TPSA) is 21.3 Å². The highest BCUT2D eigenvalue weighted by atomic mass is 79.9. The van der Waals surface area contributed by atoms with Crippen molar-refractivity contribution >= 4 is 15.9 Å². The molecule has 88 valence electrons. The first kappa shape index (κ1) is 11.9. The fraction of sp³-hybridized carbons (Fsp3) is 0.538. The highest BCUT2D eigenvalue weighted by molar-refractivity contribution is 9.10. The van der Waals surface area contributed by atoms with Gasteiger partial charge < -0.3 is 10.1 Å². The predicted octanol–water partition coefficient (Wildman–Crippen LogP) is 3.52. The Kier molecular flexibility index (Phi) is 3.87. The number of methoxy groups -OCH3 is 1. The lowest BCUT2D eigenvalue weighted by Gasteiger charge is -2.19. The number of rotatable bonds is 5. The van der Waals surface area contributed by atoms with E-state index in [4.69, 9.17) is 4.74 Å². The van der Waals surface area contributed by atoms with Crippen molar-refractivity contribution in [2.24, 2.45) is 5.92 Å². The first-order valence-corrected chi connectivity index (χ1v) is 6.54. The third-order valence-electron chi connectivity index (χ3n) is 3.18. The third-order valence-corrected chi connectivity index (χ3v) is 3.67. The average Bonchev–Trinajstić information content (AvgIpc) is 3.09. The van der Waals surface area contributed by atoms with Crippen LogP contribution in [0.1, 0.15) is 30.9 Å². The summed E-state index contributed by atoms with van der Waals surface area (Å²) in [5, 5.41) is 3.39. The Morgan fingerprint density at radius 2 is 2.25 bits per heavy atom. The highest BCUT2D eigenvalue weighted by Gasteiger charge is 2.26. The van der Waals surface area contributed by atoms with E-state index in [2.05, 4.69) is 27.3 Å². The molecule has 0 radical (unpaired) electrons. The Hall–Kier alpha value is -0.540. The molecule has 3 heteroatoms. The molecule has 2 rings (SSSR count). The van der Waals surface area contributed by atoms with E-state index >= 15 is 0 Å². The fourth-order valence-corrected chi connectivity index (χ4v) is 2.44. The van der Waals surface area contributed by atoms with Crippen molar-refractivity contribution in [1.29, 1.82) is 0 Å². The van der Waals surface area contributed by atoms with E-state index in [1.54, 1.807) is 7.11 Å². The van der Waals surface area contributed by atoms with Gasteiger partial charge in [0.15, 0.2) is 0 Å². The highest BCUT2D eigenvalue weighted by Crippen LogP contribution is 2.40. The summed E-state index contributed by atoms with van der Waals surface area (Å²) in [5.74, 6) is 1.88. The molecule has 1 aliphatic rings. The molecule has 0 bridgehead atoms. The number of halogens is 1. The molecule has 1 unspecified atom stereocenters. The molecule has 0 aliphatic heterocycles. The zero-order valence-electron chi connectivity index (χ0n) is 9.79. The van der Waals surface area contributed by atoms with Crippen molar-refractivity contribution in [2.45, 2.75) is 25.3 Å². The second-order valence-corrected chi connectivity index (χ2v) is 5.32. The van der Waals surface area contributed by atoms with Gasteiger partial charge in [0.05, 0.1) is 7.11 Å². The van der Waals surface area contributed by atoms with Crippen LogP contribution in [0.3, 0.4) is 0 Å². The lowest BCUT2D eigenvalue weighted by atomic mass is 10.0. The molecule has 0 heterocycles. The fourth-order valence-electron chi connectivity index (χ4n) is 2.06. The zero-order chi connectivity index (χ0) is 11.5. The molecule has 0 spiro atoms. The summed E-state index contributed by atoms with van der Waals surface area (Å²) in [4.78, 5) is 0. The number of ether oxygens (including phenoxy) is 1. The predicted molar refractivity (Wildman–Crippen MR) is 69.8 cm³/mol. The van der Waals surface area contributed by atoms with Gasteiger partial charge in [-0.3, -0.25) is 0 Å². The summed E-state index contributed by atoms with van der Waals surface area (Å²) in [6.07, 6.45) is 3.98. The van der Waals surface area contributed by atoms with Gasteiger partial charge in [0.25, 0.3) is 0 Å². The van der Waals surface area contributed by atoms with Crippen LogP contribution in [0.25, 0.3) is 0 Å². The Bertz CT molecular complexity index is 363. The van der Waals surface area contributed by atoms with Crippen LogP contribution < -0.4 is 10.1 Å². The van der Waals surface area contributed by atoms with Gasteiger partial charge in [-0.25, -0.2) is 0 Å². The van der Waals surface area contributed by atoms with Gasteiger partial charge >= 0.3 is 0 Å². The maximum Gasteiger partial charge on any atom is 0.123 e. The normalized spacial score (nSPS) is 17.2. The summed E-state index contributed by atoms with van der Waals surface area (Å²) in [5.41, 5.74) is 1.26. The van der Waals surface area contributed by atoms with Crippen LogP contribution in [-0.4, -0.2) is 14.2 Å². The summed E-state index contributed by atoms with van der Waals surface area (Å²) >= 11 is 3.52. The van der Waals surface area contributed by atoms with Gasteiger partial charge in [-0.2, -0.15) is 0 Å². The maximum atomic E-state index is 5.42. The van der Waals surface area contributed by atoms with E-state index < -0.39 is 0 Å². The van der Waals surface area contributed by atoms with Crippen molar-refractivity contribution in [3.63, 3.8) is 0 Å². The maximum absolute atomic E-state index is 5.42. The summed E-state index contributed by atoms with van der Waals surface area (Å²) < 4.78 is 6.53. The lowest BCUT2D eigenvalue weighted by Crippen LogP contribution is -2.17. The second-order valence-electron chi connectivity index (χ2n) is 4.41. The molecule has 1 aromatic rings. The molecular formula is C13H18BrNO. The van der Waals surface area contributed by atoms with E-state index in [0.717, 1.165) is 16.1 Å². The Morgan fingerprint density at radius 1 is 1.50 bits per heavy atom. The SMILES string of the molecule is CNC(CC1CC1)c1cc(Br)ccc1OC. The third kappa shape index (κ3) is 2.77. The van der Waals surface area contributed by atoms with E-state index in [9.17, 15) is 0 Å². The molecule has 2 nitrogen and oxygen atoms in total. The molecule has 0 aromatic heterocycles. The van der Waals surface area contributed by atoms with Gasteiger partial charge in [0, 0.05) is 16.1 Å². The van der Waals surface area contributed by atoms with Gasteiger partial charge in [-0.15, -0.1) is 0 Å². The lowest BCUT2D eigenvalue weighted by molar-refractivity contribution is 0.396. The van der Waals surface area contributed by atoms with Crippen molar-refractivity contribution < 1.29 is 4.74 Å². The van der Waals surface area contributed by atoms with Crippen molar-refractivity contribution in [3.8, 4) is 5.75 Å². The quantitative estimate of drug-likeness (QED) is 0.893. The summed E-state index contributed by atoms with van der Waals surface area (Å²) in [7, 11) is 3.75. The van der Waals surface area contributed by atoms with Crippen LogP contribution in [0.5, 0.6) is 5.75 Å². The van der Waals surface area contributed by atoms with Crippen molar-refractivity contribution in [1.82, 2.24) is 5.32 Å². The first-order chi connectivity index (χ1) is 7.74. The number of nitrogens with one attached hydrogen (secondary N) is 1. The van der Waals surface area contributed by atoms with Crippen LogP contribution in [0.15, 0.2) is 22.7 Å². The molecule has 1 saturated carbocycles. The molecule has 0 amide bonds. The zero-order valence-corrected chi connectivity index (χ0v) is 11.4. The Labute approximate surface area is 106 Å². The number of hydrogen-bond acceptors (Lipinski definition) is 2. The number of benzene rings is 1. The van der Waals surface area contributed by atoms with E-state index in [1.807, 2.05) is 19.2 Å². The summed E-state index contributed by atoms with van der Waals surface area (Å²) in [6, 6.07) is 6.60. The van der Waals surface area contributed by atoms with Crippen LogP contribution in [-0.2, 0) is 0 Å². The number of hydrogen-bond donors (Lipinski definition) is 1. The summed E-state index contributed by atoms with van der Waals surface area (Å²) in [6.45, 7) is 0. The second kappa shape index (κ2) is 5.19.